The SMILES string of the molecule is CCCc1nc(NC)cc(N2CCC(C)(O)CC2)n1. The van der Waals surface area contributed by atoms with Crippen LogP contribution in [-0.4, -0.2) is 40.8 Å². The van der Waals surface area contributed by atoms with Crippen molar-refractivity contribution in [2.75, 3.05) is 30.4 Å². The fraction of sp³-hybridized carbons (Fsp3) is 0.714. The largest absolute Gasteiger partial charge is 0.390 e. The topological polar surface area (TPSA) is 61.3 Å². The molecule has 0 saturated carbocycles. The quantitative estimate of drug-likeness (QED) is 0.868. The molecule has 0 bridgehead atoms. The van der Waals surface area contributed by atoms with E-state index in [0.29, 0.717) is 0 Å². The van der Waals surface area contributed by atoms with E-state index in [0.717, 1.165) is 56.2 Å². The Hall–Kier alpha value is -1.36. The minimum absolute atomic E-state index is 0.526. The van der Waals surface area contributed by atoms with Crippen molar-refractivity contribution < 1.29 is 5.11 Å². The van der Waals surface area contributed by atoms with Gasteiger partial charge in [-0.1, -0.05) is 6.92 Å². The highest BCUT2D eigenvalue weighted by Gasteiger charge is 2.28. The van der Waals surface area contributed by atoms with Crippen molar-refractivity contribution in [3.8, 4) is 0 Å². The Labute approximate surface area is 115 Å². The van der Waals surface area contributed by atoms with Gasteiger partial charge in [0.15, 0.2) is 0 Å². The Morgan fingerprint density at radius 2 is 2.05 bits per heavy atom. The fourth-order valence-corrected chi connectivity index (χ4v) is 2.33. The third-order valence-electron chi connectivity index (χ3n) is 3.65. The van der Waals surface area contributed by atoms with E-state index in [1.165, 1.54) is 0 Å². The Morgan fingerprint density at radius 3 is 2.63 bits per heavy atom. The van der Waals surface area contributed by atoms with E-state index >= 15 is 0 Å². The molecule has 1 aromatic heterocycles. The fourth-order valence-electron chi connectivity index (χ4n) is 2.33. The minimum Gasteiger partial charge on any atom is -0.390 e. The zero-order valence-electron chi connectivity index (χ0n) is 12.1. The summed E-state index contributed by atoms with van der Waals surface area (Å²) in [5.41, 5.74) is -0.526. The number of hydrogen-bond donors (Lipinski definition) is 2. The molecule has 0 unspecified atom stereocenters. The molecular formula is C14H24N4O. The van der Waals surface area contributed by atoms with Crippen LogP contribution in [0, 0.1) is 0 Å². The first-order valence-electron chi connectivity index (χ1n) is 7.07. The number of aliphatic hydroxyl groups is 1. The van der Waals surface area contributed by atoms with Crippen molar-refractivity contribution in [2.24, 2.45) is 0 Å². The number of rotatable bonds is 4. The Morgan fingerprint density at radius 1 is 1.37 bits per heavy atom. The van der Waals surface area contributed by atoms with Crippen LogP contribution in [0.25, 0.3) is 0 Å². The number of aryl methyl sites for hydroxylation is 1. The molecule has 0 atom stereocenters. The molecule has 1 fully saturated rings. The van der Waals surface area contributed by atoms with Crippen LogP contribution in [0.3, 0.4) is 0 Å². The maximum atomic E-state index is 10.0. The molecule has 2 rings (SSSR count). The van der Waals surface area contributed by atoms with Crippen LogP contribution >= 0.6 is 0 Å². The molecule has 1 aliphatic heterocycles. The zero-order chi connectivity index (χ0) is 13.9. The van der Waals surface area contributed by atoms with Crippen molar-refractivity contribution in [1.29, 1.82) is 0 Å². The van der Waals surface area contributed by atoms with Gasteiger partial charge in [0.2, 0.25) is 0 Å². The Kier molecular flexibility index (Phi) is 4.24. The van der Waals surface area contributed by atoms with Gasteiger partial charge in [-0.05, 0) is 26.2 Å². The second kappa shape index (κ2) is 5.74. The maximum absolute atomic E-state index is 10.0. The van der Waals surface area contributed by atoms with Crippen molar-refractivity contribution in [2.45, 2.75) is 45.1 Å². The molecule has 19 heavy (non-hydrogen) atoms. The third kappa shape index (κ3) is 3.56. The van der Waals surface area contributed by atoms with E-state index in [1.807, 2.05) is 20.0 Å². The lowest BCUT2D eigenvalue weighted by atomic mass is 9.94. The lowest BCUT2D eigenvalue weighted by molar-refractivity contribution is 0.0350. The molecule has 0 aromatic carbocycles. The van der Waals surface area contributed by atoms with Crippen LogP contribution in [0.1, 0.15) is 38.9 Å². The molecule has 5 nitrogen and oxygen atoms in total. The standard InChI is InChI=1S/C14H24N4O/c1-4-5-11-16-12(15-3)10-13(17-11)18-8-6-14(2,19)7-9-18/h10,19H,4-9H2,1-3H3,(H,15,16,17). The molecule has 106 valence electrons. The van der Waals surface area contributed by atoms with E-state index in [2.05, 4.69) is 27.1 Å². The number of aromatic nitrogens is 2. The number of anilines is 2. The molecule has 5 heteroatoms. The van der Waals surface area contributed by atoms with E-state index in [9.17, 15) is 5.11 Å². The summed E-state index contributed by atoms with van der Waals surface area (Å²) in [4.78, 5) is 11.3. The Balaban J connectivity index is 2.17. The zero-order valence-corrected chi connectivity index (χ0v) is 12.1. The van der Waals surface area contributed by atoms with Crippen LogP contribution in [0.4, 0.5) is 11.6 Å². The summed E-state index contributed by atoms with van der Waals surface area (Å²) in [5.74, 6) is 2.73. The minimum atomic E-state index is -0.526. The summed E-state index contributed by atoms with van der Waals surface area (Å²) in [6.45, 7) is 5.73. The predicted molar refractivity (Wildman–Crippen MR) is 77.6 cm³/mol. The average Bonchev–Trinajstić information content (AvgIpc) is 2.38. The van der Waals surface area contributed by atoms with E-state index in [1.54, 1.807) is 0 Å². The average molecular weight is 264 g/mol. The summed E-state index contributed by atoms with van der Waals surface area (Å²) in [6.07, 6.45) is 3.51. The molecule has 1 saturated heterocycles. The maximum Gasteiger partial charge on any atom is 0.134 e. The van der Waals surface area contributed by atoms with Gasteiger partial charge >= 0.3 is 0 Å². The van der Waals surface area contributed by atoms with Crippen molar-refractivity contribution in [1.82, 2.24) is 9.97 Å². The number of hydrogen-bond acceptors (Lipinski definition) is 5. The first-order chi connectivity index (χ1) is 9.04. The van der Waals surface area contributed by atoms with Gasteiger partial charge in [0.1, 0.15) is 17.5 Å². The van der Waals surface area contributed by atoms with Crippen LogP contribution < -0.4 is 10.2 Å². The second-order valence-electron chi connectivity index (χ2n) is 5.51. The van der Waals surface area contributed by atoms with Crippen LogP contribution in [0.2, 0.25) is 0 Å². The highest BCUT2D eigenvalue weighted by molar-refractivity contribution is 5.49. The third-order valence-corrected chi connectivity index (χ3v) is 3.65. The van der Waals surface area contributed by atoms with E-state index in [-0.39, 0.29) is 0 Å². The molecule has 1 aliphatic rings. The molecule has 2 N–H and O–H groups in total. The monoisotopic (exact) mass is 264 g/mol. The molecule has 2 heterocycles. The number of nitrogens with zero attached hydrogens (tertiary/aromatic N) is 3. The summed E-state index contributed by atoms with van der Waals surface area (Å²) in [5, 5.41) is 13.1. The normalized spacial score (nSPS) is 18.4. The van der Waals surface area contributed by atoms with Gasteiger partial charge in [0, 0.05) is 32.6 Å². The smallest absolute Gasteiger partial charge is 0.134 e. The van der Waals surface area contributed by atoms with E-state index < -0.39 is 5.60 Å². The van der Waals surface area contributed by atoms with Gasteiger partial charge < -0.3 is 15.3 Å². The summed E-state index contributed by atoms with van der Waals surface area (Å²) < 4.78 is 0. The van der Waals surface area contributed by atoms with Gasteiger partial charge in [-0.3, -0.25) is 0 Å². The highest BCUT2D eigenvalue weighted by Crippen LogP contribution is 2.25. The first-order valence-corrected chi connectivity index (χ1v) is 7.07. The molecule has 1 aromatic rings. The van der Waals surface area contributed by atoms with E-state index in [4.69, 9.17) is 0 Å². The van der Waals surface area contributed by atoms with Gasteiger partial charge in [-0.15, -0.1) is 0 Å². The van der Waals surface area contributed by atoms with Crippen LogP contribution in [0.15, 0.2) is 6.07 Å². The van der Waals surface area contributed by atoms with Gasteiger partial charge in [0.05, 0.1) is 5.60 Å². The van der Waals surface area contributed by atoms with Crippen molar-refractivity contribution >= 4 is 11.6 Å². The second-order valence-corrected chi connectivity index (χ2v) is 5.51. The Bertz CT molecular complexity index is 423. The van der Waals surface area contributed by atoms with Gasteiger partial charge in [0.25, 0.3) is 0 Å². The molecule has 0 aliphatic carbocycles. The molecule has 0 amide bonds. The van der Waals surface area contributed by atoms with Gasteiger partial charge in [-0.25, -0.2) is 9.97 Å². The molecule has 0 spiro atoms. The number of piperidine rings is 1. The lowest BCUT2D eigenvalue weighted by Gasteiger charge is -2.36. The summed E-state index contributed by atoms with van der Waals surface area (Å²) >= 11 is 0. The lowest BCUT2D eigenvalue weighted by Crippen LogP contribution is -2.42. The van der Waals surface area contributed by atoms with Crippen molar-refractivity contribution in [3.63, 3.8) is 0 Å². The van der Waals surface area contributed by atoms with Crippen molar-refractivity contribution in [3.05, 3.63) is 11.9 Å². The summed E-state index contributed by atoms with van der Waals surface area (Å²) in [6, 6.07) is 1.99. The predicted octanol–water partition coefficient (Wildman–Crippen LogP) is 1.82. The number of nitrogens with one attached hydrogen (secondary N) is 1. The van der Waals surface area contributed by atoms with Crippen LogP contribution in [-0.2, 0) is 6.42 Å². The first kappa shape index (κ1) is 14.1. The summed E-state index contributed by atoms with van der Waals surface area (Å²) in [7, 11) is 1.88. The molecular weight excluding hydrogens is 240 g/mol. The highest BCUT2D eigenvalue weighted by atomic mass is 16.3. The van der Waals surface area contributed by atoms with Gasteiger partial charge in [-0.2, -0.15) is 0 Å². The molecule has 0 radical (unpaired) electrons. The van der Waals surface area contributed by atoms with Crippen LogP contribution in [0.5, 0.6) is 0 Å².